The zero-order valence-electron chi connectivity index (χ0n) is 10.6. The van der Waals surface area contributed by atoms with Gasteiger partial charge in [0.25, 0.3) is 5.95 Å². The van der Waals surface area contributed by atoms with E-state index in [0.717, 1.165) is 4.47 Å². The highest BCUT2D eigenvalue weighted by Crippen LogP contribution is 2.16. The summed E-state index contributed by atoms with van der Waals surface area (Å²) in [6.07, 6.45) is 0.111. The molecule has 7 nitrogen and oxygen atoms in total. The summed E-state index contributed by atoms with van der Waals surface area (Å²) in [5.41, 5.74) is 0.568. The number of hydrogen-bond donors (Lipinski definition) is 2. The van der Waals surface area contributed by atoms with Crippen LogP contribution in [0.15, 0.2) is 28.7 Å². The number of anilines is 1. The Hall–Kier alpha value is -2.09. The number of aromatic amines is 1. The SMILES string of the molecule is C[C@@H](CC(=O)c1cccc(Br)c1)C(=O)Nc1nn[nH]n1. The standard InChI is InChI=1S/C12H12BrN5O2/c1-7(11(20)14-12-15-17-18-16-12)5-10(19)8-3-2-4-9(13)6-8/h2-4,6-7H,5H2,1H3,(H2,14,15,16,17,18,20)/t7-/m0/s1. The van der Waals surface area contributed by atoms with Gasteiger partial charge < -0.3 is 0 Å². The van der Waals surface area contributed by atoms with Crippen LogP contribution in [-0.4, -0.2) is 32.3 Å². The molecule has 2 N–H and O–H groups in total. The molecular formula is C12H12BrN5O2. The molecule has 1 aromatic heterocycles. The van der Waals surface area contributed by atoms with Crippen molar-refractivity contribution in [1.29, 1.82) is 0 Å². The van der Waals surface area contributed by atoms with Crippen LogP contribution in [0.25, 0.3) is 0 Å². The number of carbonyl (C=O) groups is 2. The van der Waals surface area contributed by atoms with Crippen LogP contribution in [0.5, 0.6) is 0 Å². The topological polar surface area (TPSA) is 101 Å². The van der Waals surface area contributed by atoms with Crippen LogP contribution in [0, 0.1) is 5.92 Å². The molecule has 0 unspecified atom stereocenters. The summed E-state index contributed by atoms with van der Waals surface area (Å²) in [6, 6.07) is 7.06. The van der Waals surface area contributed by atoms with Crippen LogP contribution in [0.1, 0.15) is 23.7 Å². The Kier molecular flexibility index (Phi) is 4.57. The second-order valence-corrected chi connectivity index (χ2v) is 5.18. The molecule has 0 aliphatic rings. The van der Waals surface area contributed by atoms with Crippen LogP contribution in [0.2, 0.25) is 0 Å². The predicted molar refractivity (Wildman–Crippen MR) is 75.1 cm³/mol. The van der Waals surface area contributed by atoms with E-state index in [1.54, 1.807) is 25.1 Å². The van der Waals surface area contributed by atoms with Crippen molar-refractivity contribution in [3.8, 4) is 0 Å². The molecule has 0 saturated carbocycles. The maximum absolute atomic E-state index is 12.1. The zero-order valence-corrected chi connectivity index (χ0v) is 12.2. The van der Waals surface area contributed by atoms with Gasteiger partial charge in [-0.05, 0) is 17.3 Å². The average molecular weight is 338 g/mol. The number of benzene rings is 1. The Morgan fingerprint density at radius 2 is 2.25 bits per heavy atom. The second-order valence-electron chi connectivity index (χ2n) is 4.26. The molecule has 1 amide bonds. The summed E-state index contributed by atoms with van der Waals surface area (Å²) in [4.78, 5) is 23.9. The number of ketones is 1. The van der Waals surface area contributed by atoms with Crippen LogP contribution >= 0.6 is 15.9 Å². The van der Waals surface area contributed by atoms with E-state index in [4.69, 9.17) is 0 Å². The molecule has 2 aromatic rings. The highest BCUT2D eigenvalue weighted by molar-refractivity contribution is 9.10. The van der Waals surface area contributed by atoms with Crippen molar-refractivity contribution in [1.82, 2.24) is 20.6 Å². The van der Waals surface area contributed by atoms with Crippen LogP contribution in [0.3, 0.4) is 0 Å². The first-order valence-corrected chi connectivity index (χ1v) is 6.68. The molecule has 0 bridgehead atoms. The molecule has 0 spiro atoms. The first-order valence-electron chi connectivity index (χ1n) is 5.89. The summed E-state index contributed by atoms with van der Waals surface area (Å²) < 4.78 is 0.826. The van der Waals surface area contributed by atoms with Gasteiger partial charge in [-0.1, -0.05) is 40.1 Å². The van der Waals surface area contributed by atoms with Gasteiger partial charge in [-0.2, -0.15) is 5.21 Å². The molecular weight excluding hydrogens is 326 g/mol. The fourth-order valence-corrected chi connectivity index (χ4v) is 2.00. The summed E-state index contributed by atoms with van der Waals surface area (Å²) in [5.74, 6) is -0.812. The van der Waals surface area contributed by atoms with Crippen molar-refractivity contribution in [3.05, 3.63) is 34.3 Å². The molecule has 1 heterocycles. The van der Waals surface area contributed by atoms with Crippen molar-refractivity contribution in [3.63, 3.8) is 0 Å². The lowest BCUT2D eigenvalue weighted by atomic mass is 9.99. The Morgan fingerprint density at radius 3 is 2.90 bits per heavy atom. The number of nitrogens with zero attached hydrogens (tertiary/aromatic N) is 3. The Morgan fingerprint density at radius 1 is 1.45 bits per heavy atom. The highest BCUT2D eigenvalue weighted by Gasteiger charge is 2.19. The van der Waals surface area contributed by atoms with Gasteiger partial charge in [-0.25, -0.2) is 0 Å². The quantitative estimate of drug-likeness (QED) is 0.810. The van der Waals surface area contributed by atoms with Crippen LogP contribution in [0.4, 0.5) is 5.95 Å². The summed E-state index contributed by atoms with van der Waals surface area (Å²) in [5, 5.41) is 15.3. The number of H-pyrrole nitrogens is 1. The van der Waals surface area contributed by atoms with E-state index in [1.165, 1.54) is 0 Å². The van der Waals surface area contributed by atoms with Gasteiger partial charge >= 0.3 is 0 Å². The van der Waals surface area contributed by atoms with Gasteiger partial charge in [-0.15, -0.1) is 5.10 Å². The smallest absolute Gasteiger partial charge is 0.269 e. The minimum atomic E-state index is -0.486. The summed E-state index contributed by atoms with van der Waals surface area (Å²) in [7, 11) is 0. The predicted octanol–water partition coefficient (Wildman–Crippen LogP) is 1.81. The zero-order chi connectivity index (χ0) is 14.5. The van der Waals surface area contributed by atoms with E-state index in [1.807, 2.05) is 6.07 Å². The molecule has 2 rings (SSSR count). The van der Waals surface area contributed by atoms with Gasteiger partial charge in [0, 0.05) is 22.4 Å². The Balaban J connectivity index is 1.95. The third-order valence-corrected chi connectivity index (χ3v) is 3.16. The fourth-order valence-electron chi connectivity index (χ4n) is 1.60. The van der Waals surface area contributed by atoms with Crippen molar-refractivity contribution in [2.24, 2.45) is 5.92 Å². The third kappa shape index (κ3) is 3.70. The molecule has 1 aromatic carbocycles. The molecule has 104 valence electrons. The van der Waals surface area contributed by atoms with E-state index in [9.17, 15) is 9.59 Å². The second kappa shape index (κ2) is 6.38. The van der Waals surface area contributed by atoms with Gasteiger partial charge in [-0.3, -0.25) is 14.9 Å². The monoisotopic (exact) mass is 337 g/mol. The number of carbonyl (C=O) groups excluding carboxylic acids is 2. The van der Waals surface area contributed by atoms with Gasteiger partial charge in [0.05, 0.1) is 0 Å². The first-order chi connectivity index (χ1) is 9.56. The fraction of sp³-hybridized carbons (Fsp3) is 0.250. The Bertz CT molecular complexity index is 614. The average Bonchev–Trinajstić information content (AvgIpc) is 2.91. The maximum atomic E-state index is 12.1. The third-order valence-electron chi connectivity index (χ3n) is 2.67. The van der Waals surface area contributed by atoms with Crippen molar-refractivity contribution < 1.29 is 9.59 Å². The number of hydrogen-bond acceptors (Lipinski definition) is 5. The molecule has 8 heteroatoms. The maximum Gasteiger partial charge on any atom is 0.269 e. The summed E-state index contributed by atoms with van der Waals surface area (Å²) >= 11 is 3.31. The van der Waals surface area contributed by atoms with Gasteiger partial charge in [0.2, 0.25) is 5.91 Å². The lowest BCUT2D eigenvalue weighted by Crippen LogP contribution is -2.23. The first kappa shape index (κ1) is 14.3. The molecule has 1 atom stereocenters. The normalized spacial score (nSPS) is 11.9. The Labute approximate surface area is 123 Å². The lowest BCUT2D eigenvalue weighted by Gasteiger charge is -2.09. The minimum absolute atomic E-state index is 0.0942. The molecule has 0 radical (unpaired) electrons. The van der Waals surface area contributed by atoms with E-state index in [2.05, 4.69) is 41.9 Å². The number of halogens is 1. The van der Waals surface area contributed by atoms with Crippen LogP contribution in [-0.2, 0) is 4.79 Å². The molecule has 20 heavy (non-hydrogen) atoms. The molecule has 0 fully saturated rings. The van der Waals surface area contributed by atoms with E-state index in [0.29, 0.717) is 5.56 Å². The number of Topliss-reactive ketones (excluding diaryl/α,β-unsaturated/α-hetero) is 1. The molecule has 0 aliphatic carbocycles. The number of amides is 1. The minimum Gasteiger partial charge on any atom is -0.294 e. The largest absolute Gasteiger partial charge is 0.294 e. The van der Waals surface area contributed by atoms with Crippen molar-refractivity contribution in [2.45, 2.75) is 13.3 Å². The highest BCUT2D eigenvalue weighted by atomic mass is 79.9. The molecule has 0 aliphatic heterocycles. The lowest BCUT2D eigenvalue weighted by molar-refractivity contribution is -0.119. The van der Waals surface area contributed by atoms with Gasteiger partial charge in [0.1, 0.15) is 0 Å². The van der Waals surface area contributed by atoms with E-state index in [-0.39, 0.29) is 24.1 Å². The number of rotatable bonds is 5. The van der Waals surface area contributed by atoms with Gasteiger partial charge in [0.15, 0.2) is 5.78 Å². The number of nitrogens with one attached hydrogen (secondary N) is 2. The van der Waals surface area contributed by atoms with E-state index < -0.39 is 5.92 Å². The number of aromatic nitrogens is 4. The van der Waals surface area contributed by atoms with E-state index >= 15 is 0 Å². The summed E-state index contributed by atoms with van der Waals surface area (Å²) in [6.45, 7) is 1.67. The number of tetrazole rings is 1. The van der Waals surface area contributed by atoms with Crippen LogP contribution < -0.4 is 5.32 Å². The molecule has 0 saturated heterocycles. The van der Waals surface area contributed by atoms with Crippen molar-refractivity contribution >= 4 is 33.6 Å². The van der Waals surface area contributed by atoms with Crippen molar-refractivity contribution in [2.75, 3.05) is 5.32 Å².